The van der Waals surface area contributed by atoms with E-state index >= 15 is 0 Å². The van der Waals surface area contributed by atoms with Crippen molar-refractivity contribution in [2.45, 2.75) is 37.2 Å². The Labute approximate surface area is 191 Å². The third kappa shape index (κ3) is 3.71. The molecule has 32 heavy (non-hydrogen) atoms. The Morgan fingerprint density at radius 3 is 2.53 bits per heavy atom. The molecule has 2 aliphatic carbocycles. The number of carbonyl (C=O) groups is 1. The number of aryl methyl sites for hydroxylation is 1. The molecule has 2 aliphatic rings. The normalized spacial score (nSPS) is 26.8. The Hall–Kier alpha value is -2.70. The molecule has 1 aromatic heterocycles. The van der Waals surface area contributed by atoms with Gasteiger partial charge in [0.05, 0.1) is 22.6 Å². The highest BCUT2D eigenvalue weighted by molar-refractivity contribution is 6.31. The van der Waals surface area contributed by atoms with Gasteiger partial charge in [-0.05, 0) is 61.3 Å². The first-order valence-corrected chi connectivity index (χ1v) is 11.3. The zero-order valence-corrected chi connectivity index (χ0v) is 18.5. The number of benzene rings is 2. The van der Waals surface area contributed by atoms with Gasteiger partial charge in [-0.2, -0.15) is 0 Å². The van der Waals surface area contributed by atoms with Gasteiger partial charge in [-0.15, -0.1) is 0 Å². The van der Waals surface area contributed by atoms with Crippen LogP contribution in [0.2, 0.25) is 5.02 Å². The Morgan fingerprint density at radius 2 is 1.88 bits per heavy atom. The Bertz CT molecular complexity index is 1150. The molecular weight excluding hydrogens is 429 g/mol. The zero-order chi connectivity index (χ0) is 22.5. The standard InChI is InChI=1S/C25H25ClFN3O2/c1-30-14-28-22(23(30)24(31)29-19-7-8-21(27)20(26)11-19)15-9-16-12-25(32,13-17(16)10-15)18-5-3-2-4-6-18/h2-8,11,14-17,32H,9-10,12-13H2,1H3,(H,29,31). The van der Waals surface area contributed by atoms with Crippen LogP contribution in [0.25, 0.3) is 0 Å². The molecule has 2 atom stereocenters. The van der Waals surface area contributed by atoms with Crippen LogP contribution >= 0.6 is 11.6 Å². The molecule has 2 saturated carbocycles. The molecule has 2 unspecified atom stereocenters. The van der Waals surface area contributed by atoms with E-state index in [1.165, 1.54) is 18.2 Å². The van der Waals surface area contributed by atoms with Crippen molar-refractivity contribution in [2.24, 2.45) is 18.9 Å². The highest BCUT2D eigenvalue weighted by atomic mass is 35.5. The van der Waals surface area contributed by atoms with Crippen molar-refractivity contribution in [3.63, 3.8) is 0 Å². The molecule has 5 rings (SSSR count). The number of halogens is 2. The van der Waals surface area contributed by atoms with Gasteiger partial charge in [-0.25, -0.2) is 9.37 Å². The summed E-state index contributed by atoms with van der Waals surface area (Å²) < 4.78 is 15.2. The third-order valence-electron chi connectivity index (χ3n) is 7.10. The number of rotatable bonds is 4. The molecule has 0 aliphatic heterocycles. The van der Waals surface area contributed by atoms with Crippen LogP contribution in [0.15, 0.2) is 54.9 Å². The molecule has 5 nitrogen and oxygen atoms in total. The summed E-state index contributed by atoms with van der Waals surface area (Å²) in [5.41, 5.74) is 1.95. The number of aliphatic hydroxyl groups is 1. The predicted molar refractivity (Wildman–Crippen MR) is 121 cm³/mol. The van der Waals surface area contributed by atoms with Crippen molar-refractivity contribution in [3.8, 4) is 0 Å². The third-order valence-corrected chi connectivity index (χ3v) is 7.39. The number of nitrogens with zero attached hydrogens (tertiary/aromatic N) is 2. The lowest BCUT2D eigenvalue weighted by atomic mass is 9.87. The summed E-state index contributed by atoms with van der Waals surface area (Å²) in [4.78, 5) is 17.6. The van der Waals surface area contributed by atoms with E-state index in [-0.39, 0.29) is 16.8 Å². The topological polar surface area (TPSA) is 67.1 Å². The average molecular weight is 454 g/mol. The molecule has 2 fully saturated rings. The van der Waals surface area contributed by atoms with E-state index in [1.54, 1.807) is 17.9 Å². The number of anilines is 1. The fourth-order valence-electron chi connectivity index (χ4n) is 5.66. The summed E-state index contributed by atoms with van der Waals surface area (Å²) in [6, 6.07) is 14.0. The number of aromatic nitrogens is 2. The van der Waals surface area contributed by atoms with Crippen LogP contribution in [0.4, 0.5) is 10.1 Å². The van der Waals surface area contributed by atoms with E-state index < -0.39 is 11.4 Å². The largest absolute Gasteiger partial charge is 0.385 e. The number of amides is 1. The number of imidazole rings is 1. The predicted octanol–water partition coefficient (Wildman–Crippen LogP) is 5.26. The fourth-order valence-corrected chi connectivity index (χ4v) is 5.84. The van der Waals surface area contributed by atoms with E-state index in [9.17, 15) is 14.3 Å². The minimum Gasteiger partial charge on any atom is -0.385 e. The Morgan fingerprint density at radius 1 is 1.19 bits per heavy atom. The lowest BCUT2D eigenvalue weighted by molar-refractivity contribution is 0.0345. The van der Waals surface area contributed by atoms with Gasteiger partial charge in [-0.3, -0.25) is 4.79 Å². The molecule has 0 radical (unpaired) electrons. The number of hydrogen-bond donors (Lipinski definition) is 2. The summed E-state index contributed by atoms with van der Waals surface area (Å²) in [6.45, 7) is 0. The Balaban J connectivity index is 1.33. The van der Waals surface area contributed by atoms with Gasteiger partial charge in [0.15, 0.2) is 0 Å². The summed E-state index contributed by atoms with van der Waals surface area (Å²) in [7, 11) is 1.80. The summed E-state index contributed by atoms with van der Waals surface area (Å²) >= 11 is 5.85. The van der Waals surface area contributed by atoms with Crippen molar-refractivity contribution >= 4 is 23.2 Å². The first kappa shape index (κ1) is 21.2. The minimum atomic E-state index is -0.770. The molecule has 2 N–H and O–H groups in total. The van der Waals surface area contributed by atoms with Crippen molar-refractivity contribution < 1.29 is 14.3 Å². The van der Waals surface area contributed by atoms with Gasteiger partial charge in [0.25, 0.3) is 5.91 Å². The Kier molecular flexibility index (Phi) is 5.30. The van der Waals surface area contributed by atoms with E-state index in [4.69, 9.17) is 11.6 Å². The molecule has 1 amide bonds. The van der Waals surface area contributed by atoms with Gasteiger partial charge >= 0.3 is 0 Å². The first-order chi connectivity index (χ1) is 15.3. The maximum absolute atomic E-state index is 13.4. The maximum atomic E-state index is 13.4. The van der Waals surface area contributed by atoms with Gasteiger partial charge in [0.2, 0.25) is 0 Å². The smallest absolute Gasteiger partial charge is 0.274 e. The molecule has 2 aromatic carbocycles. The van der Waals surface area contributed by atoms with E-state index in [1.807, 2.05) is 30.3 Å². The quantitative estimate of drug-likeness (QED) is 0.566. The monoisotopic (exact) mass is 453 g/mol. The molecule has 7 heteroatoms. The van der Waals surface area contributed by atoms with Gasteiger partial charge in [0, 0.05) is 18.7 Å². The second kappa shape index (κ2) is 8.01. The van der Waals surface area contributed by atoms with E-state index in [2.05, 4.69) is 10.3 Å². The van der Waals surface area contributed by atoms with Crippen LogP contribution < -0.4 is 5.32 Å². The molecule has 0 saturated heterocycles. The molecule has 0 spiro atoms. The van der Waals surface area contributed by atoms with E-state index in [0.29, 0.717) is 23.2 Å². The lowest BCUT2D eigenvalue weighted by Crippen LogP contribution is -2.23. The number of hydrogen-bond acceptors (Lipinski definition) is 3. The summed E-state index contributed by atoms with van der Waals surface area (Å²) in [5.74, 6) is 0.154. The SMILES string of the molecule is Cn1cnc(C2CC3CC(O)(c4ccccc4)CC3C2)c1C(=O)Nc1ccc(F)c(Cl)c1. The summed E-state index contributed by atoms with van der Waals surface area (Å²) in [5, 5.41) is 14.0. The second-order valence-corrected chi connectivity index (χ2v) is 9.57. The van der Waals surface area contributed by atoms with Crippen molar-refractivity contribution in [1.82, 2.24) is 9.55 Å². The zero-order valence-electron chi connectivity index (χ0n) is 17.8. The van der Waals surface area contributed by atoms with Crippen LogP contribution in [-0.4, -0.2) is 20.6 Å². The highest BCUT2D eigenvalue weighted by Gasteiger charge is 2.50. The van der Waals surface area contributed by atoms with Crippen LogP contribution in [-0.2, 0) is 12.6 Å². The van der Waals surface area contributed by atoms with E-state index in [0.717, 1.165) is 36.9 Å². The number of nitrogens with one attached hydrogen (secondary N) is 1. The maximum Gasteiger partial charge on any atom is 0.274 e. The number of fused-ring (bicyclic) bond motifs is 1. The minimum absolute atomic E-state index is 0.0393. The van der Waals surface area contributed by atoms with Crippen LogP contribution in [0.5, 0.6) is 0 Å². The van der Waals surface area contributed by atoms with Crippen molar-refractivity contribution in [2.75, 3.05) is 5.32 Å². The lowest BCUT2D eigenvalue weighted by Gasteiger charge is -2.25. The molecular formula is C25H25ClFN3O2. The first-order valence-electron chi connectivity index (χ1n) is 10.9. The average Bonchev–Trinajstić information content (AvgIpc) is 3.42. The van der Waals surface area contributed by atoms with Gasteiger partial charge in [-0.1, -0.05) is 41.9 Å². The van der Waals surface area contributed by atoms with Crippen molar-refractivity contribution in [3.05, 3.63) is 82.6 Å². The highest BCUT2D eigenvalue weighted by Crippen LogP contribution is 2.56. The summed E-state index contributed by atoms with van der Waals surface area (Å²) in [6.07, 6.45) is 4.94. The van der Waals surface area contributed by atoms with Crippen LogP contribution in [0.3, 0.4) is 0 Å². The molecule has 0 bridgehead atoms. The second-order valence-electron chi connectivity index (χ2n) is 9.17. The molecule has 166 valence electrons. The van der Waals surface area contributed by atoms with Gasteiger partial charge in [0.1, 0.15) is 11.5 Å². The van der Waals surface area contributed by atoms with Gasteiger partial charge < -0.3 is 15.0 Å². The fraction of sp³-hybridized carbons (Fsp3) is 0.360. The van der Waals surface area contributed by atoms with Crippen molar-refractivity contribution in [1.29, 1.82) is 0 Å². The molecule has 1 heterocycles. The molecule has 3 aromatic rings. The number of carbonyl (C=O) groups excluding carboxylic acids is 1. The van der Waals surface area contributed by atoms with Crippen LogP contribution in [0, 0.1) is 17.7 Å². The van der Waals surface area contributed by atoms with Crippen LogP contribution in [0.1, 0.15) is 53.3 Å².